The zero-order valence-corrected chi connectivity index (χ0v) is 7.73. The van der Waals surface area contributed by atoms with Crippen molar-refractivity contribution >= 4 is 11.2 Å². The Bertz CT molecular complexity index is 381. The van der Waals surface area contributed by atoms with Crippen LogP contribution < -0.4 is 4.74 Å². The molecule has 0 saturated carbocycles. The Morgan fingerprint density at radius 1 is 1.43 bits per heavy atom. The summed E-state index contributed by atoms with van der Waals surface area (Å²) in [5.74, 6) is 0. The molecule has 2 rings (SSSR count). The average molecular weight is 194 g/mol. The van der Waals surface area contributed by atoms with Crippen LogP contribution in [0, 0.1) is 0 Å². The summed E-state index contributed by atoms with van der Waals surface area (Å²) >= 11 is 0. The minimum absolute atomic E-state index is 0.442. The van der Waals surface area contributed by atoms with E-state index >= 15 is 0 Å². The molecule has 0 unspecified atom stereocenters. The molecule has 14 heavy (non-hydrogen) atoms. The average Bonchev–Trinajstić information content (AvgIpc) is 2.60. The van der Waals surface area contributed by atoms with Gasteiger partial charge in [0, 0.05) is 7.11 Å². The maximum atomic E-state index is 5.27. The highest BCUT2D eigenvalue weighted by Crippen LogP contribution is 2.11. The Balaban J connectivity index is 2.11. The topological polar surface area (TPSA) is 72.9 Å². The van der Waals surface area contributed by atoms with Crippen LogP contribution >= 0.6 is 0 Å². The van der Waals surface area contributed by atoms with Gasteiger partial charge in [-0.1, -0.05) is 0 Å². The van der Waals surface area contributed by atoms with Crippen molar-refractivity contribution in [3.05, 3.63) is 12.5 Å². The van der Waals surface area contributed by atoms with Gasteiger partial charge >= 0.3 is 0 Å². The van der Waals surface area contributed by atoms with Gasteiger partial charge in [0.1, 0.15) is 18.5 Å². The number of nitrogens with zero attached hydrogens (tertiary/aromatic N) is 3. The van der Waals surface area contributed by atoms with Crippen molar-refractivity contribution in [2.24, 2.45) is 0 Å². The summed E-state index contributed by atoms with van der Waals surface area (Å²) in [6.07, 6.45) is 3.10. The predicted octanol–water partition coefficient (Wildman–Crippen LogP) is 0.378. The zero-order valence-electron chi connectivity index (χ0n) is 7.73. The number of rotatable bonds is 4. The SMILES string of the molecule is COCCOc1nc2ncncc2[nH]1. The van der Waals surface area contributed by atoms with Crippen LogP contribution in [0.1, 0.15) is 0 Å². The lowest BCUT2D eigenvalue weighted by Crippen LogP contribution is -2.04. The first-order chi connectivity index (χ1) is 6.90. The zero-order chi connectivity index (χ0) is 9.80. The summed E-state index contributed by atoms with van der Waals surface area (Å²) in [5, 5.41) is 0. The number of hydrogen-bond donors (Lipinski definition) is 1. The van der Waals surface area contributed by atoms with Crippen LogP contribution in [0.3, 0.4) is 0 Å². The molecule has 2 heterocycles. The van der Waals surface area contributed by atoms with E-state index in [0.29, 0.717) is 24.9 Å². The quantitative estimate of drug-likeness (QED) is 0.712. The fourth-order valence-electron chi connectivity index (χ4n) is 1.03. The molecule has 0 aliphatic heterocycles. The van der Waals surface area contributed by atoms with Gasteiger partial charge in [-0.05, 0) is 0 Å². The number of aromatic amines is 1. The Hall–Kier alpha value is -1.69. The minimum atomic E-state index is 0.442. The first-order valence-electron chi connectivity index (χ1n) is 4.17. The van der Waals surface area contributed by atoms with Crippen LogP contribution in [0.4, 0.5) is 0 Å². The normalized spacial score (nSPS) is 10.6. The van der Waals surface area contributed by atoms with Gasteiger partial charge in [-0.15, -0.1) is 0 Å². The van der Waals surface area contributed by atoms with Crippen LogP contribution in [0.15, 0.2) is 12.5 Å². The molecule has 2 aromatic rings. The van der Waals surface area contributed by atoms with E-state index in [0.717, 1.165) is 5.52 Å². The van der Waals surface area contributed by atoms with E-state index in [4.69, 9.17) is 9.47 Å². The molecule has 0 aliphatic rings. The highest BCUT2D eigenvalue weighted by molar-refractivity contribution is 5.69. The Morgan fingerprint density at radius 3 is 3.14 bits per heavy atom. The van der Waals surface area contributed by atoms with E-state index in [-0.39, 0.29) is 0 Å². The number of aromatic nitrogens is 4. The van der Waals surface area contributed by atoms with Crippen LogP contribution in [0.2, 0.25) is 0 Å². The van der Waals surface area contributed by atoms with Crippen LogP contribution in [0.5, 0.6) is 6.01 Å². The van der Waals surface area contributed by atoms with Crippen molar-refractivity contribution in [2.45, 2.75) is 0 Å². The molecular formula is C8H10N4O2. The molecule has 0 aliphatic carbocycles. The summed E-state index contributed by atoms with van der Waals surface area (Å²) in [5.41, 5.74) is 1.37. The summed E-state index contributed by atoms with van der Waals surface area (Å²) < 4.78 is 10.1. The van der Waals surface area contributed by atoms with Crippen molar-refractivity contribution < 1.29 is 9.47 Å². The second-order valence-electron chi connectivity index (χ2n) is 2.64. The fraction of sp³-hybridized carbons (Fsp3) is 0.375. The van der Waals surface area contributed by atoms with Gasteiger partial charge in [-0.2, -0.15) is 4.98 Å². The molecule has 0 saturated heterocycles. The summed E-state index contributed by atoms with van der Waals surface area (Å²) in [4.78, 5) is 14.9. The third kappa shape index (κ3) is 1.80. The number of nitrogens with one attached hydrogen (secondary N) is 1. The molecular weight excluding hydrogens is 184 g/mol. The lowest BCUT2D eigenvalue weighted by Gasteiger charge is -1.99. The largest absolute Gasteiger partial charge is 0.462 e. The highest BCUT2D eigenvalue weighted by atomic mass is 16.5. The van der Waals surface area contributed by atoms with E-state index in [1.165, 1.54) is 6.33 Å². The smallest absolute Gasteiger partial charge is 0.296 e. The molecule has 0 atom stereocenters. The summed E-state index contributed by atoms with van der Waals surface area (Å²) in [7, 11) is 1.62. The first-order valence-corrected chi connectivity index (χ1v) is 4.17. The number of imidazole rings is 1. The second kappa shape index (κ2) is 4.01. The van der Waals surface area contributed by atoms with E-state index in [1.54, 1.807) is 13.3 Å². The lowest BCUT2D eigenvalue weighted by atomic mass is 10.6. The van der Waals surface area contributed by atoms with Crippen molar-refractivity contribution in [3.8, 4) is 6.01 Å². The number of fused-ring (bicyclic) bond motifs is 1. The molecule has 0 amide bonds. The van der Waals surface area contributed by atoms with E-state index in [2.05, 4.69) is 19.9 Å². The summed E-state index contributed by atoms with van der Waals surface area (Å²) in [6, 6.07) is 0.442. The number of hydrogen-bond acceptors (Lipinski definition) is 5. The minimum Gasteiger partial charge on any atom is -0.462 e. The fourth-order valence-corrected chi connectivity index (χ4v) is 1.03. The molecule has 74 valence electrons. The molecule has 0 spiro atoms. The van der Waals surface area contributed by atoms with Gasteiger partial charge in [0.05, 0.1) is 12.8 Å². The van der Waals surface area contributed by atoms with Crippen LogP contribution in [-0.2, 0) is 4.74 Å². The Labute approximate surface area is 80.3 Å². The monoisotopic (exact) mass is 194 g/mol. The van der Waals surface area contributed by atoms with Crippen LogP contribution in [-0.4, -0.2) is 40.3 Å². The van der Waals surface area contributed by atoms with E-state index in [9.17, 15) is 0 Å². The van der Waals surface area contributed by atoms with Crippen molar-refractivity contribution in [1.29, 1.82) is 0 Å². The molecule has 6 heteroatoms. The first kappa shape index (κ1) is 8.89. The third-order valence-corrected chi connectivity index (χ3v) is 1.67. The van der Waals surface area contributed by atoms with Crippen LogP contribution in [0.25, 0.3) is 11.2 Å². The van der Waals surface area contributed by atoms with Crippen molar-refractivity contribution in [2.75, 3.05) is 20.3 Å². The van der Waals surface area contributed by atoms with E-state index in [1.807, 2.05) is 0 Å². The standard InChI is InChI=1S/C8H10N4O2/c1-13-2-3-14-8-11-6-4-9-5-10-7(6)12-8/h4-5H,2-3H2,1H3,(H,9,10,11,12). The highest BCUT2D eigenvalue weighted by Gasteiger charge is 2.03. The Kier molecular flexibility index (Phi) is 2.55. The second-order valence-corrected chi connectivity index (χ2v) is 2.64. The molecule has 0 bridgehead atoms. The third-order valence-electron chi connectivity index (χ3n) is 1.67. The van der Waals surface area contributed by atoms with Gasteiger partial charge in [0.2, 0.25) is 0 Å². The van der Waals surface area contributed by atoms with Crippen molar-refractivity contribution in [1.82, 2.24) is 19.9 Å². The summed E-state index contributed by atoms with van der Waals surface area (Å²) in [6.45, 7) is 0.993. The predicted molar refractivity (Wildman–Crippen MR) is 49.1 cm³/mol. The molecule has 0 fully saturated rings. The maximum Gasteiger partial charge on any atom is 0.296 e. The molecule has 0 aromatic carbocycles. The van der Waals surface area contributed by atoms with Gasteiger partial charge in [0.25, 0.3) is 6.01 Å². The number of ether oxygens (including phenoxy) is 2. The number of H-pyrrole nitrogens is 1. The van der Waals surface area contributed by atoms with Gasteiger partial charge < -0.3 is 14.5 Å². The molecule has 2 aromatic heterocycles. The van der Waals surface area contributed by atoms with Gasteiger partial charge in [0.15, 0.2) is 5.65 Å². The molecule has 1 N–H and O–H groups in total. The van der Waals surface area contributed by atoms with Gasteiger partial charge in [-0.25, -0.2) is 9.97 Å². The van der Waals surface area contributed by atoms with E-state index < -0.39 is 0 Å². The van der Waals surface area contributed by atoms with Crippen molar-refractivity contribution in [3.63, 3.8) is 0 Å². The lowest BCUT2D eigenvalue weighted by molar-refractivity contribution is 0.141. The van der Waals surface area contributed by atoms with Gasteiger partial charge in [-0.3, -0.25) is 0 Å². The maximum absolute atomic E-state index is 5.27. The molecule has 6 nitrogen and oxygen atoms in total. The number of methoxy groups -OCH3 is 1. The molecule has 0 radical (unpaired) electrons. The Morgan fingerprint density at radius 2 is 2.36 bits per heavy atom.